The number of hydrogen-bond donors (Lipinski definition) is 0. The summed E-state index contributed by atoms with van der Waals surface area (Å²) in [7, 11) is 3.68. The molecule has 4 rings (SSSR count). The van der Waals surface area contributed by atoms with E-state index in [2.05, 4.69) is 4.98 Å². The van der Waals surface area contributed by atoms with Crippen LogP contribution in [0.25, 0.3) is 10.2 Å². The van der Waals surface area contributed by atoms with E-state index in [4.69, 9.17) is 0 Å². The molecule has 0 bridgehead atoms. The normalized spacial score (nSPS) is 13.7. The number of hydrogen-bond acceptors (Lipinski definition) is 7. The van der Waals surface area contributed by atoms with Gasteiger partial charge in [0.1, 0.15) is 17.0 Å². The second-order valence-electron chi connectivity index (χ2n) is 8.50. The van der Waals surface area contributed by atoms with Crippen LogP contribution in [0.5, 0.6) is 0 Å². The molecule has 2 heterocycles. The number of carbonyl (C=O) groups is 1. The second-order valence-corrected chi connectivity index (χ2v) is 9.51. The Labute approximate surface area is 211 Å². The first-order valence-electron chi connectivity index (χ1n) is 11.0. The smallest absolute Gasteiger partial charge is 0.293 e. The number of nitrogens with zero attached hydrogens (tertiary/aromatic N) is 5. The molecular formula is C23H26ClF2N5O3S. The van der Waals surface area contributed by atoms with E-state index in [0.29, 0.717) is 12.2 Å². The maximum absolute atomic E-state index is 14.2. The Morgan fingerprint density at radius 1 is 1.14 bits per heavy atom. The minimum absolute atomic E-state index is 0. The van der Waals surface area contributed by atoms with Crippen LogP contribution in [-0.2, 0) is 0 Å². The molecule has 0 saturated carbocycles. The van der Waals surface area contributed by atoms with E-state index >= 15 is 0 Å². The highest BCUT2D eigenvalue weighted by molar-refractivity contribution is 7.22. The van der Waals surface area contributed by atoms with Crippen LogP contribution in [0, 0.1) is 21.7 Å². The van der Waals surface area contributed by atoms with Crippen molar-refractivity contribution < 1.29 is 18.5 Å². The SMILES string of the molecule is CN(C)CCN(C(=O)c1ccc(N2CCCCC2)c([N+](=O)[O-])c1)c1nc2c(F)cc(F)cc2s1.Cl. The van der Waals surface area contributed by atoms with Crippen LogP contribution in [0.2, 0.25) is 0 Å². The fourth-order valence-electron chi connectivity index (χ4n) is 4.01. The molecule has 0 atom stereocenters. The van der Waals surface area contributed by atoms with E-state index < -0.39 is 22.5 Å². The number of halogens is 3. The lowest BCUT2D eigenvalue weighted by Crippen LogP contribution is -2.37. The van der Waals surface area contributed by atoms with E-state index in [-0.39, 0.29) is 45.6 Å². The predicted octanol–water partition coefficient (Wildman–Crippen LogP) is 5.10. The molecule has 0 aliphatic carbocycles. The van der Waals surface area contributed by atoms with Gasteiger partial charge in [0.25, 0.3) is 11.6 Å². The molecule has 188 valence electrons. The standard InChI is InChI=1S/C23H25F2N5O3S.ClH/c1-27(2)10-11-29(23-26-21-17(25)13-16(24)14-20(21)34-23)22(31)15-6-7-18(19(12-15)30(32)33)28-8-4-3-5-9-28;/h6-7,12-14H,3-5,8-11H2,1-2H3;1H. The lowest BCUT2D eigenvalue weighted by molar-refractivity contribution is -0.384. The summed E-state index contributed by atoms with van der Waals surface area (Å²) in [6, 6.07) is 6.42. The average molecular weight is 526 g/mol. The fourth-order valence-corrected chi connectivity index (χ4v) is 5.04. The third kappa shape index (κ3) is 5.85. The predicted molar refractivity (Wildman–Crippen MR) is 136 cm³/mol. The number of anilines is 2. The topological polar surface area (TPSA) is 82.8 Å². The van der Waals surface area contributed by atoms with Crippen molar-refractivity contribution in [3.8, 4) is 0 Å². The molecule has 1 amide bonds. The van der Waals surface area contributed by atoms with Gasteiger partial charge in [-0.3, -0.25) is 19.8 Å². The summed E-state index contributed by atoms with van der Waals surface area (Å²) < 4.78 is 28.2. The third-order valence-electron chi connectivity index (χ3n) is 5.76. The van der Waals surface area contributed by atoms with Gasteiger partial charge in [-0.25, -0.2) is 13.8 Å². The monoisotopic (exact) mass is 525 g/mol. The number of piperidine rings is 1. The van der Waals surface area contributed by atoms with E-state index in [1.165, 1.54) is 17.0 Å². The van der Waals surface area contributed by atoms with Crippen LogP contribution in [0.4, 0.5) is 25.3 Å². The van der Waals surface area contributed by atoms with Crippen LogP contribution < -0.4 is 9.80 Å². The molecule has 0 radical (unpaired) electrons. The van der Waals surface area contributed by atoms with Gasteiger partial charge in [0.15, 0.2) is 10.9 Å². The molecule has 1 fully saturated rings. The minimum atomic E-state index is -0.806. The summed E-state index contributed by atoms with van der Waals surface area (Å²) in [5.41, 5.74) is 0.490. The first kappa shape index (κ1) is 26.7. The summed E-state index contributed by atoms with van der Waals surface area (Å²) >= 11 is 0.998. The van der Waals surface area contributed by atoms with Crippen LogP contribution in [-0.4, -0.2) is 61.0 Å². The quantitative estimate of drug-likeness (QED) is 0.315. The van der Waals surface area contributed by atoms with Gasteiger partial charge in [0.05, 0.1) is 9.62 Å². The van der Waals surface area contributed by atoms with Gasteiger partial charge < -0.3 is 9.80 Å². The third-order valence-corrected chi connectivity index (χ3v) is 6.79. The zero-order valence-electron chi connectivity index (χ0n) is 19.4. The maximum atomic E-state index is 14.2. The molecule has 12 heteroatoms. The van der Waals surface area contributed by atoms with Crippen molar-refractivity contribution in [2.24, 2.45) is 0 Å². The summed E-state index contributed by atoms with van der Waals surface area (Å²) in [4.78, 5) is 34.3. The zero-order chi connectivity index (χ0) is 24.4. The largest absolute Gasteiger partial charge is 0.366 e. The van der Waals surface area contributed by atoms with Crippen molar-refractivity contribution in [3.63, 3.8) is 0 Å². The molecule has 0 N–H and O–H groups in total. The Morgan fingerprint density at radius 2 is 1.86 bits per heavy atom. The summed E-state index contributed by atoms with van der Waals surface area (Å²) in [6.07, 6.45) is 3.02. The molecule has 35 heavy (non-hydrogen) atoms. The van der Waals surface area contributed by atoms with Crippen molar-refractivity contribution in [1.82, 2.24) is 9.88 Å². The lowest BCUT2D eigenvalue weighted by Gasteiger charge is -2.28. The number of benzene rings is 2. The van der Waals surface area contributed by atoms with Gasteiger partial charge in [0.2, 0.25) is 0 Å². The van der Waals surface area contributed by atoms with E-state index in [1.54, 1.807) is 12.1 Å². The lowest BCUT2D eigenvalue weighted by atomic mass is 10.1. The molecule has 1 aliphatic rings. The Balaban J connectivity index is 0.00000342. The van der Waals surface area contributed by atoms with Crippen molar-refractivity contribution in [3.05, 3.63) is 57.6 Å². The van der Waals surface area contributed by atoms with Gasteiger partial charge in [-0.15, -0.1) is 12.4 Å². The Morgan fingerprint density at radius 3 is 2.51 bits per heavy atom. The highest BCUT2D eigenvalue weighted by Crippen LogP contribution is 2.34. The number of aromatic nitrogens is 1. The zero-order valence-corrected chi connectivity index (χ0v) is 21.0. The van der Waals surface area contributed by atoms with E-state index in [0.717, 1.165) is 49.8 Å². The summed E-state index contributed by atoms with van der Waals surface area (Å²) in [6.45, 7) is 2.16. The Hall–Kier alpha value is -2.89. The van der Waals surface area contributed by atoms with Crippen molar-refractivity contribution in [2.75, 3.05) is 50.1 Å². The highest BCUT2D eigenvalue weighted by atomic mass is 35.5. The molecule has 3 aromatic rings. The van der Waals surface area contributed by atoms with Crippen LogP contribution in [0.1, 0.15) is 29.6 Å². The Kier molecular flexibility index (Phi) is 8.57. The van der Waals surface area contributed by atoms with Crippen LogP contribution in [0.15, 0.2) is 30.3 Å². The maximum Gasteiger partial charge on any atom is 0.293 e. The first-order chi connectivity index (χ1) is 16.2. The van der Waals surface area contributed by atoms with Crippen LogP contribution >= 0.6 is 23.7 Å². The number of fused-ring (bicyclic) bond motifs is 1. The van der Waals surface area contributed by atoms with Crippen LogP contribution in [0.3, 0.4) is 0 Å². The van der Waals surface area contributed by atoms with E-state index in [1.807, 2.05) is 23.9 Å². The minimum Gasteiger partial charge on any atom is -0.366 e. The molecular weight excluding hydrogens is 500 g/mol. The molecule has 1 saturated heterocycles. The first-order valence-corrected chi connectivity index (χ1v) is 11.8. The number of nitro groups is 1. The average Bonchev–Trinajstić information content (AvgIpc) is 3.23. The van der Waals surface area contributed by atoms with Gasteiger partial charge in [-0.2, -0.15) is 0 Å². The summed E-state index contributed by atoms with van der Waals surface area (Å²) in [5, 5.41) is 12.0. The molecule has 8 nitrogen and oxygen atoms in total. The van der Waals surface area contributed by atoms with Gasteiger partial charge in [0, 0.05) is 43.9 Å². The number of thiazole rings is 1. The van der Waals surface area contributed by atoms with Crippen molar-refractivity contribution in [1.29, 1.82) is 0 Å². The molecule has 2 aromatic carbocycles. The van der Waals surface area contributed by atoms with Crippen molar-refractivity contribution >= 4 is 56.4 Å². The highest BCUT2D eigenvalue weighted by Gasteiger charge is 2.27. The second kappa shape index (κ2) is 11.2. The molecule has 0 spiro atoms. The van der Waals surface area contributed by atoms with Gasteiger partial charge >= 0.3 is 0 Å². The van der Waals surface area contributed by atoms with E-state index in [9.17, 15) is 23.7 Å². The van der Waals surface area contributed by atoms with Gasteiger partial charge in [-0.05, 0) is 51.6 Å². The van der Waals surface area contributed by atoms with Gasteiger partial charge in [-0.1, -0.05) is 11.3 Å². The molecule has 0 unspecified atom stereocenters. The fraction of sp³-hybridized carbons (Fsp3) is 0.391. The Bertz CT molecular complexity index is 1230. The number of amides is 1. The van der Waals surface area contributed by atoms with Crippen molar-refractivity contribution in [2.45, 2.75) is 19.3 Å². The number of likely N-dealkylation sites (N-methyl/N-ethyl adjacent to an activating group) is 1. The molecule has 1 aliphatic heterocycles. The number of nitro benzene ring substituents is 1. The summed E-state index contributed by atoms with van der Waals surface area (Å²) in [5.74, 6) is -2.02. The number of carbonyl (C=O) groups excluding carboxylic acids is 1. The number of rotatable bonds is 7. The molecule has 1 aromatic heterocycles.